The predicted molar refractivity (Wildman–Crippen MR) is 90.5 cm³/mol. The van der Waals surface area contributed by atoms with Crippen LogP contribution >= 0.6 is 0 Å². The number of ether oxygens (including phenoxy) is 2. The smallest absolute Gasteiger partial charge is 0.136 e. The highest BCUT2D eigenvalue weighted by molar-refractivity contribution is 5.78. The van der Waals surface area contributed by atoms with Gasteiger partial charge in [-0.2, -0.15) is 0 Å². The van der Waals surface area contributed by atoms with E-state index in [0.29, 0.717) is 13.2 Å². The van der Waals surface area contributed by atoms with Crippen LogP contribution in [0.4, 0.5) is 0 Å². The molecule has 0 atom stereocenters. The van der Waals surface area contributed by atoms with Crippen molar-refractivity contribution in [2.24, 2.45) is 4.99 Å². The second-order valence-corrected chi connectivity index (χ2v) is 5.10. The third kappa shape index (κ3) is 3.43. The molecular weight excluding hydrogens is 290 g/mol. The lowest BCUT2D eigenvalue weighted by atomic mass is 10.1. The molecule has 0 bridgehead atoms. The molecule has 23 heavy (non-hydrogen) atoms. The topological polar surface area (TPSA) is 44.0 Å². The van der Waals surface area contributed by atoms with Crippen molar-refractivity contribution < 1.29 is 13.9 Å². The molecule has 0 spiro atoms. The highest BCUT2D eigenvalue weighted by atomic mass is 16.5. The summed E-state index contributed by atoms with van der Waals surface area (Å²) in [5, 5.41) is 1.91. The Kier molecular flexibility index (Phi) is 4.74. The van der Waals surface area contributed by atoms with E-state index in [1.165, 1.54) is 0 Å². The average molecular weight is 309 g/mol. The molecule has 0 saturated heterocycles. The number of fused-ring (bicyclic) bond motifs is 1. The van der Waals surface area contributed by atoms with Gasteiger partial charge in [0.1, 0.15) is 17.1 Å². The SMILES string of the molecule is COCCN=c1cc(-c2ccc(OC)cc2)oc2ccccc12. The number of hydrogen-bond acceptors (Lipinski definition) is 4. The molecule has 2 aromatic carbocycles. The first-order valence-corrected chi connectivity index (χ1v) is 7.48. The lowest BCUT2D eigenvalue weighted by molar-refractivity contribution is 0.207. The van der Waals surface area contributed by atoms with E-state index < -0.39 is 0 Å². The minimum atomic E-state index is 0.595. The monoisotopic (exact) mass is 309 g/mol. The van der Waals surface area contributed by atoms with Crippen LogP contribution in [-0.2, 0) is 4.74 Å². The summed E-state index contributed by atoms with van der Waals surface area (Å²) in [6.45, 7) is 1.21. The largest absolute Gasteiger partial charge is 0.497 e. The molecule has 0 fully saturated rings. The molecule has 4 nitrogen and oxygen atoms in total. The number of methoxy groups -OCH3 is 2. The van der Waals surface area contributed by atoms with Crippen LogP contribution in [-0.4, -0.2) is 27.4 Å². The summed E-state index contributed by atoms with van der Waals surface area (Å²) >= 11 is 0. The van der Waals surface area contributed by atoms with Gasteiger partial charge in [-0.1, -0.05) is 12.1 Å². The summed E-state index contributed by atoms with van der Waals surface area (Å²) in [5.41, 5.74) is 1.80. The van der Waals surface area contributed by atoms with Crippen LogP contribution in [0.5, 0.6) is 5.75 Å². The molecular formula is C19H19NO3. The molecule has 0 unspecified atom stereocenters. The van der Waals surface area contributed by atoms with Gasteiger partial charge in [-0.3, -0.25) is 4.99 Å². The Labute approximate surface area is 135 Å². The fourth-order valence-corrected chi connectivity index (χ4v) is 2.40. The van der Waals surface area contributed by atoms with E-state index in [0.717, 1.165) is 33.4 Å². The van der Waals surface area contributed by atoms with Gasteiger partial charge in [0.25, 0.3) is 0 Å². The van der Waals surface area contributed by atoms with Crippen LogP contribution in [0.1, 0.15) is 0 Å². The van der Waals surface area contributed by atoms with Crippen LogP contribution in [0.3, 0.4) is 0 Å². The molecule has 1 aromatic heterocycles. The van der Waals surface area contributed by atoms with Gasteiger partial charge in [0, 0.05) is 24.1 Å². The first-order valence-electron chi connectivity index (χ1n) is 7.48. The van der Waals surface area contributed by atoms with Crippen molar-refractivity contribution in [3.63, 3.8) is 0 Å². The van der Waals surface area contributed by atoms with Crippen molar-refractivity contribution in [1.82, 2.24) is 0 Å². The molecule has 0 saturated carbocycles. The van der Waals surface area contributed by atoms with Crippen LogP contribution in [0.2, 0.25) is 0 Å². The van der Waals surface area contributed by atoms with Crippen LogP contribution in [0, 0.1) is 0 Å². The minimum absolute atomic E-state index is 0.595. The molecule has 0 radical (unpaired) electrons. The van der Waals surface area contributed by atoms with Crippen molar-refractivity contribution in [1.29, 1.82) is 0 Å². The van der Waals surface area contributed by atoms with E-state index in [9.17, 15) is 0 Å². The van der Waals surface area contributed by atoms with Gasteiger partial charge in [0.2, 0.25) is 0 Å². The van der Waals surface area contributed by atoms with Gasteiger partial charge < -0.3 is 13.9 Å². The zero-order valence-electron chi connectivity index (χ0n) is 13.3. The van der Waals surface area contributed by atoms with Crippen LogP contribution in [0.25, 0.3) is 22.3 Å². The molecule has 3 aromatic rings. The number of rotatable bonds is 5. The van der Waals surface area contributed by atoms with Crippen LogP contribution < -0.4 is 10.1 Å². The Balaban J connectivity index is 2.11. The van der Waals surface area contributed by atoms with Crippen molar-refractivity contribution in [3.05, 3.63) is 60.0 Å². The van der Waals surface area contributed by atoms with E-state index in [-0.39, 0.29) is 0 Å². The Bertz CT molecular complexity index is 850. The summed E-state index contributed by atoms with van der Waals surface area (Å²) in [6.07, 6.45) is 0. The Morgan fingerprint density at radius 1 is 1.00 bits per heavy atom. The summed E-state index contributed by atoms with van der Waals surface area (Å²) in [4.78, 5) is 4.63. The Hall–Kier alpha value is -2.59. The van der Waals surface area contributed by atoms with E-state index in [4.69, 9.17) is 13.9 Å². The van der Waals surface area contributed by atoms with Gasteiger partial charge in [-0.05, 0) is 36.4 Å². The van der Waals surface area contributed by atoms with Gasteiger partial charge in [-0.15, -0.1) is 0 Å². The number of para-hydroxylation sites is 1. The van der Waals surface area contributed by atoms with Crippen molar-refractivity contribution in [2.75, 3.05) is 27.4 Å². The minimum Gasteiger partial charge on any atom is -0.497 e. The molecule has 118 valence electrons. The molecule has 0 aliphatic rings. The fourth-order valence-electron chi connectivity index (χ4n) is 2.40. The van der Waals surface area contributed by atoms with Gasteiger partial charge in [-0.25, -0.2) is 0 Å². The third-order valence-electron chi connectivity index (χ3n) is 3.60. The third-order valence-corrected chi connectivity index (χ3v) is 3.60. The maximum Gasteiger partial charge on any atom is 0.136 e. The average Bonchev–Trinajstić information content (AvgIpc) is 2.62. The maximum atomic E-state index is 6.04. The summed E-state index contributed by atoms with van der Waals surface area (Å²) in [6, 6.07) is 17.7. The van der Waals surface area contributed by atoms with Crippen LogP contribution in [0.15, 0.2) is 64.0 Å². The second-order valence-electron chi connectivity index (χ2n) is 5.10. The van der Waals surface area contributed by atoms with Crippen molar-refractivity contribution >= 4 is 11.0 Å². The number of hydrogen-bond donors (Lipinski definition) is 0. The summed E-state index contributed by atoms with van der Waals surface area (Å²) in [5.74, 6) is 1.60. The second kappa shape index (κ2) is 7.11. The maximum absolute atomic E-state index is 6.04. The fraction of sp³-hybridized carbons (Fsp3) is 0.211. The molecule has 1 heterocycles. The highest BCUT2D eigenvalue weighted by Gasteiger charge is 2.05. The molecule has 3 rings (SSSR count). The highest BCUT2D eigenvalue weighted by Crippen LogP contribution is 2.24. The molecule has 0 N–H and O–H groups in total. The molecule has 0 aliphatic heterocycles. The Morgan fingerprint density at radius 2 is 1.78 bits per heavy atom. The first kappa shape index (κ1) is 15.3. The molecule has 0 amide bonds. The predicted octanol–water partition coefficient (Wildman–Crippen LogP) is 3.66. The Morgan fingerprint density at radius 3 is 2.52 bits per heavy atom. The normalized spacial score (nSPS) is 11.8. The summed E-state index contributed by atoms with van der Waals surface area (Å²) < 4.78 is 16.3. The zero-order chi connectivity index (χ0) is 16.1. The molecule has 0 aliphatic carbocycles. The van der Waals surface area contributed by atoms with Gasteiger partial charge >= 0.3 is 0 Å². The van der Waals surface area contributed by atoms with Crippen molar-refractivity contribution in [2.45, 2.75) is 0 Å². The van der Waals surface area contributed by atoms with Gasteiger partial charge in [0.05, 0.1) is 25.6 Å². The number of nitrogens with zero attached hydrogens (tertiary/aromatic N) is 1. The van der Waals surface area contributed by atoms with E-state index in [1.54, 1.807) is 14.2 Å². The standard InChI is InChI=1S/C19H19NO3/c1-21-12-11-20-17-13-19(14-7-9-15(22-2)10-8-14)23-18-6-4-3-5-16(17)18/h3-10,13H,11-12H2,1-2H3. The zero-order valence-corrected chi connectivity index (χ0v) is 13.3. The quantitative estimate of drug-likeness (QED) is 0.676. The lowest BCUT2D eigenvalue weighted by Crippen LogP contribution is -2.07. The van der Waals surface area contributed by atoms with Crippen molar-refractivity contribution in [3.8, 4) is 17.1 Å². The van der Waals surface area contributed by atoms with E-state index in [1.807, 2.05) is 54.6 Å². The number of benzene rings is 2. The first-order chi connectivity index (χ1) is 11.3. The molecule has 4 heteroatoms. The van der Waals surface area contributed by atoms with E-state index in [2.05, 4.69) is 4.99 Å². The lowest BCUT2D eigenvalue weighted by Gasteiger charge is -2.06. The van der Waals surface area contributed by atoms with Gasteiger partial charge in [0.15, 0.2) is 0 Å². The summed E-state index contributed by atoms with van der Waals surface area (Å²) in [7, 11) is 3.33. The van der Waals surface area contributed by atoms with E-state index >= 15 is 0 Å².